The van der Waals surface area contributed by atoms with E-state index in [1.165, 1.54) is 11.8 Å². The van der Waals surface area contributed by atoms with Gasteiger partial charge in [-0.2, -0.15) is 0 Å². The van der Waals surface area contributed by atoms with E-state index in [1.807, 2.05) is 44.2 Å². The molecule has 2 atom stereocenters. The maximum atomic E-state index is 13.7. The van der Waals surface area contributed by atoms with Gasteiger partial charge in [0.2, 0.25) is 21.8 Å². The first-order chi connectivity index (χ1) is 17.7. The number of fused-ring (bicyclic) bond motifs is 1. The van der Waals surface area contributed by atoms with Crippen LogP contribution in [0.1, 0.15) is 39.7 Å². The van der Waals surface area contributed by atoms with E-state index in [1.54, 1.807) is 25.1 Å². The second-order valence-electron chi connectivity index (χ2n) is 9.05. The highest BCUT2D eigenvalue weighted by molar-refractivity contribution is 7.92. The number of hydrogen-bond donors (Lipinski definition) is 1. The highest BCUT2D eigenvalue weighted by atomic mass is 32.2. The molecule has 202 valence electrons. The second kappa shape index (κ2) is 12.8. The summed E-state index contributed by atoms with van der Waals surface area (Å²) < 4.78 is 38.5. The summed E-state index contributed by atoms with van der Waals surface area (Å²) >= 11 is 0. The Balaban J connectivity index is 1.89. The van der Waals surface area contributed by atoms with E-state index in [9.17, 15) is 18.0 Å². The van der Waals surface area contributed by atoms with Crippen LogP contribution in [0, 0.1) is 0 Å². The third kappa shape index (κ3) is 7.38. The molecule has 0 fully saturated rings. The Morgan fingerprint density at radius 1 is 1.00 bits per heavy atom. The van der Waals surface area contributed by atoms with Crippen LogP contribution < -0.4 is 19.1 Å². The van der Waals surface area contributed by atoms with Gasteiger partial charge in [-0.3, -0.25) is 13.9 Å². The first-order valence-corrected chi connectivity index (χ1v) is 14.3. The molecule has 0 radical (unpaired) electrons. The maximum Gasteiger partial charge on any atom is 0.244 e. The summed E-state index contributed by atoms with van der Waals surface area (Å²) in [6.07, 6.45) is 1.28. The molecule has 0 saturated heterocycles. The minimum atomic E-state index is -3.82. The average molecular weight is 532 g/mol. The molecule has 0 spiro atoms. The summed E-state index contributed by atoms with van der Waals surface area (Å²) in [5.41, 5.74) is 1.32. The fourth-order valence-electron chi connectivity index (χ4n) is 3.94. The first-order valence-electron chi connectivity index (χ1n) is 12.7. The van der Waals surface area contributed by atoms with Crippen LogP contribution in [-0.2, 0) is 26.0 Å². The first kappa shape index (κ1) is 28.3. The van der Waals surface area contributed by atoms with E-state index in [-0.39, 0.29) is 24.2 Å². The van der Waals surface area contributed by atoms with Crippen molar-refractivity contribution in [2.24, 2.45) is 0 Å². The molecule has 2 aromatic carbocycles. The molecule has 0 aliphatic carbocycles. The molecule has 10 heteroatoms. The lowest BCUT2D eigenvalue weighted by atomic mass is 10.1. The van der Waals surface area contributed by atoms with E-state index in [4.69, 9.17) is 9.47 Å². The highest BCUT2D eigenvalue weighted by Crippen LogP contribution is 2.35. The van der Waals surface area contributed by atoms with Gasteiger partial charge < -0.3 is 19.7 Å². The number of carbonyl (C=O) groups is 2. The predicted molar refractivity (Wildman–Crippen MR) is 143 cm³/mol. The van der Waals surface area contributed by atoms with Crippen LogP contribution in [-0.4, -0.2) is 69.3 Å². The molecule has 2 aromatic rings. The molecule has 1 N–H and O–H groups in total. The molecule has 0 bridgehead atoms. The van der Waals surface area contributed by atoms with Crippen molar-refractivity contribution >= 4 is 27.5 Å². The Labute approximate surface area is 219 Å². The minimum absolute atomic E-state index is 0.0456. The Morgan fingerprint density at radius 2 is 1.68 bits per heavy atom. The zero-order valence-electron chi connectivity index (χ0n) is 22.0. The molecular formula is C27H37N3O6S. The summed E-state index contributed by atoms with van der Waals surface area (Å²) in [5, 5.41) is 2.93. The van der Waals surface area contributed by atoms with Gasteiger partial charge in [-0.25, -0.2) is 8.42 Å². The Morgan fingerprint density at radius 3 is 2.32 bits per heavy atom. The molecule has 0 unspecified atom stereocenters. The van der Waals surface area contributed by atoms with Crippen molar-refractivity contribution < 1.29 is 27.5 Å². The van der Waals surface area contributed by atoms with Crippen molar-refractivity contribution in [1.29, 1.82) is 0 Å². The number of nitrogens with zero attached hydrogens (tertiary/aromatic N) is 2. The van der Waals surface area contributed by atoms with E-state index in [0.29, 0.717) is 36.8 Å². The topological polar surface area (TPSA) is 105 Å². The third-order valence-electron chi connectivity index (χ3n) is 6.45. The molecule has 2 amide bonds. The summed E-state index contributed by atoms with van der Waals surface area (Å²) in [6.45, 7) is 7.65. The Hall–Kier alpha value is -3.27. The molecular weight excluding hydrogens is 494 g/mol. The fourth-order valence-corrected chi connectivity index (χ4v) is 5.00. The Kier molecular flexibility index (Phi) is 9.79. The molecule has 3 rings (SSSR count). The monoisotopic (exact) mass is 531 g/mol. The number of sulfonamides is 1. The summed E-state index contributed by atoms with van der Waals surface area (Å²) in [5.74, 6) is 0.0161. The number of hydrogen-bond acceptors (Lipinski definition) is 6. The molecule has 1 aliphatic rings. The molecule has 0 saturated carbocycles. The third-order valence-corrected chi connectivity index (χ3v) is 8.19. The summed E-state index contributed by atoms with van der Waals surface area (Å²) in [4.78, 5) is 28.1. The van der Waals surface area contributed by atoms with Gasteiger partial charge in [-0.15, -0.1) is 0 Å². The van der Waals surface area contributed by atoms with Crippen LogP contribution in [0.3, 0.4) is 0 Å². The van der Waals surface area contributed by atoms with Gasteiger partial charge in [0.1, 0.15) is 25.8 Å². The Bertz CT molecular complexity index is 1170. The van der Waals surface area contributed by atoms with Crippen molar-refractivity contribution in [3.63, 3.8) is 0 Å². The van der Waals surface area contributed by atoms with Crippen LogP contribution in [0.5, 0.6) is 11.5 Å². The van der Waals surface area contributed by atoms with Crippen LogP contribution >= 0.6 is 0 Å². The number of nitrogens with one attached hydrogen (secondary N) is 1. The number of benzene rings is 2. The lowest BCUT2D eigenvalue weighted by molar-refractivity contribution is -0.139. The fraction of sp³-hybridized carbons (Fsp3) is 0.481. The lowest BCUT2D eigenvalue weighted by Gasteiger charge is -2.32. The molecule has 9 nitrogen and oxygen atoms in total. The second-order valence-corrected chi connectivity index (χ2v) is 11.2. The van der Waals surface area contributed by atoms with Crippen molar-refractivity contribution in [1.82, 2.24) is 10.2 Å². The number of ether oxygens (including phenoxy) is 2. The zero-order valence-corrected chi connectivity index (χ0v) is 22.8. The lowest BCUT2D eigenvalue weighted by Crippen LogP contribution is -2.53. The zero-order chi connectivity index (χ0) is 27.0. The summed E-state index contributed by atoms with van der Waals surface area (Å²) in [7, 11) is -3.82. The van der Waals surface area contributed by atoms with Crippen LogP contribution in [0.4, 0.5) is 5.69 Å². The van der Waals surface area contributed by atoms with Crippen LogP contribution in [0.2, 0.25) is 0 Å². The van der Waals surface area contributed by atoms with E-state index >= 15 is 0 Å². The maximum absolute atomic E-state index is 13.7. The predicted octanol–water partition coefficient (Wildman–Crippen LogP) is 2.99. The highest BCUT2D eigenvalue weighted by Gasteiger charge is 2.31. The number of amides is 2. The van der Waals surface area contributed by atoms with Crippen molar-refractivity contribution in [3.8, 4) is 11.5 Å². The number of carbonyl (C=O) groups excluding carboxylic acids is 2. The number of rotatable bonds is 12. The van der Waals surface area contributed by atoms with Gasteiger partial charge >= 0.3 is 0 Å². The molecule has 1 heterocycles. The smallest absolute Gasteiger partial charge is 0.244 e. The minimum Gasteiger partial charge on any atom is -0.486 e. The van der Waals surface area contributed by atoms with E-state index in [2.05, 4.69) is 5.32 Å². The average Bonchev–Trinajstić information content (AvgIpc) is 2.91. The normalized spacial score (nSPS) is 14.4. The van der Waals surface area contributed by atoms with Gasteiger partial charge in [0, 0.05) is 18.7 Å². The SMILES string of the molecule is CC[C@H](C)NC(=O)[C@H](C)N(CCc1ccccc1)C(=O)CN(c1ccc2c(c1)OCCO2)S(=O)(=O)CC. The molecule has 37 heavy (non-hydrogen) atoms. The standard InChI is InChI=1S/C27H37N3O6S/c1-5-20(3)28-27(32)21(4)29(15-14-22-10-8-7-9-11-22)26(31)19-30(37(33,34)6-2)23-12-13-24-25(18-23)36-17-16-35-24/h7-13,18,20-21H,5-6,14-17,19H2,1-4H3,(H,28,32)/t20-,21-/m0/s1. The van der Waals surface area contributed by atoms with Gasteiger partial charge in [0.15, 0.2) is 11.5 Å². The van der Waals surface area contributed by atoms with Gasteiger partial charge in [-0.1, -0.05) is 37.3 Å². The summed E-state index contributed by atoms with van der Waals surface area (Å²) in [6, 6.07) is 13.6. The van der Waals surface area contributed by atoms with Gasteiger partial charge in [0.25, 0.3) is 0 Å². The van der Waals surface area contributed by atoms with E-state index < -0.39 is 28.5 Å². The van der Waals surface area contributed by atoms with E-state index in [0.717, 1.165) is 16.3 Å². The number of anilines is 1. The van der Waals surface area contributed by atoms with Crippen LogP contribution in [0.15, 0.2) is 48.5 Å². The quantitative estimate of drug-likeness (QED) is 0.452. The van der Waals surface area contributed by atoms with Gasteiger partial charge in [0.05, 0.1) is 11.4 Å². The van der Waals surface area contributed by atoms with Crippen LogP contribution in [0.25, 0.3) is 0 Å². The van der Waals surface area contributed by atoms with Crippen molar-refractivity contribution in [2.45, 2.75) is 52.6 Å². The largest absolute Gasteiger partial charge is 0.486 e. The van der Waals surface area contributed by atoms with Crippen molar-refractivity contribution in [2.75, 3.05) is 36.4 Å². The molecule has 0 aromatic heterocycles. The van der Waals surface area contributed by atoms with Crippen molar-refractivity contribution in [3.05, 3.63) is 54.1 Å². The molecule has 1 aliphatic heterocycles. The van der Waals surface area contributed by atoms with Gasteiger partial charge in [-0.05, 0) is 51.3 Å².